The highest BCUT2D eigenvalue weighted by atomic mass is 32.2. The van der Waals surface area contributed by atoms with Crippen LogP contribution in [0.25, 0.3) is 6.08 Å². The second-order valence-electron chi connectivity index (χ2n) is 9.54. The molecule has 1 saturated carbocycles. The summed E-state index contributed by atoms with van der Waals surface area (Å²) < 4.78 is 55.5. The quantitative estimate of drug-likeness (QED) is 0.307. The molecule has 1 unspecified atom stereocenters. The number of aryl methyl sites for hydroxylation is 2. The van der Waals surface area contributed by atoms with Gasteiger partial charge in [-0.25, -0.2) is 8.42 Å². The molecule has 0 bridgehead atoms. The fourth-order valence-corrected chi connectivity index (χ4v) is 6.72. The number of nitrogens with zero attached hydrogens (tertiary/aromatic N) is 4. The SMILES string of the molecule is Cc1ccc(S(=O)(=O)N(Cc2cn(S(=O)(=O)c3ccc(C)cc3)nn2)CC2C/C2=C\c2ccccc2)cc1. The molecular weight excluding hydrogens is 520 g/mol. The minimum absolute atomic E-state index is 0.0711. The Bertz CT molecular complexity index is 1680. The average molecular weight is 549 g/mol. The Balaban J connectivity index is 1.42. The van der Waals surface area contributed by atoms with Crippen molar-refractivity contribution in [1.29, 1.82) is 0 Å². The maximum Gasteiger partial charge on any atom is 0.284 e. The third-order valence-corrected chi connectivity index (χ3v) is 9.87. The van der Waals surface area contributed by atoms with E-state index in [1.54, 1.807) is 36.4 Å². The van der Waals surface area contributed by atoms with Gasteiger partial charge in [0.15, 0.2) is 0 Å². The number of hydrogen-bond donors (Lipinski definition) is 0. The second-order valence-corrected chi connectivity index (χ2v) is 13.3. The third kappa shape index (κ3) is 5.62. The normalized spacial score (nSPS) is 16.7. The zero-order valence-electron chi connectivity index (χ0n) is 21.1. The molecule has 0 radical (unpaired) electrons. The number of aromatic nitrogens is 3. The standard InChI is InChI=1S/C28H28N4O4S2/c1-21-8-12-27(13-9-21)37(33,34)31(18-25-17-24(25)16-23-6-4-3-5-7-23)19-26-20-32(30-29-26)38(35,36)28-14-10-22(2)11-15-28/h3-16,20,25H,17-19H2,1-2H3/b24-16+. The monoisotopic (exact) mass is 548 g/mol. The van der Waals surface area contributed by atoms with Crippen LogP contribution >= 0.6 is 0 Å². The zero-order chi connectivity index (χ0) is 26.9. The van der Waals surface area contributed by atoms with Crippen LogP contribution in [0, 0.1) is 19.8 Å². The van der Waals surface area contributed by atoms with Crippen LogP contribution in [-0.2, 0) is 26.6 Å². The molecule has 1 heterocycles. The van der Waals surface area contributed by atoms with Gasteiger partial charge in [-0.15, -0.1) is 9.19 Å². The van der Waals surface area contributed by atoms with Gasteiger partial charge in [-0.1, -0.05) is 82.6 Å². The maximum absolute atomic E-state index is 13.7. The van der Waals surface area contributed by atoms with Crippen LogP contribution in [0.2, 0.25) is 0 Å². The first kappa shape index (κ1) is 26.0. The van der Waals surface area contributed by atoms with Crippen molar-refractivity contribution in [2.75, 3.05) is 6.54 Å². The van der Waals surface area contributed by atoms with E-state index < -0.39 is 20.0 Å². The summed E-state index contributed by atoms with van der Waals surface area (Å²) >= 11 is 0. The van der Waals surface area contributed by atoms with Crippen LogP contribution in [0.1, 0.15) is 28.8 Å². The molecule has 4 aromatic rings. The molecule has 0 amide bonds. The highest BCUT2D eigenvalue weighted by Crippen LogP contribution is 2.41. The first-order valence-corrected chi connectivity index (χ1v) is 15.1. The number of benzene rings is 3. The molecule has 1 aliphatic carbocycles. The molecule has 1 aliphatic rings. The zero-order valence-corrected chi connectivity index (χ0v) is 22.7. The second kappa shape index (κ2) is 10.3. The van der Waals surface area contributed by atoms with Crippen molar-refractivity contribution in [3.8, 4) is 0 Å². The van der Waals surface area contributed by atoms with Crippen molar-refractivity contribution in [2.24, 2.45) is 5.92 Å². The summed E-state index contributed by atoms with van der Waals surface area (Å²) in [5.74, 6) is 0.0711. The fourth-order valence-electron chi connectivity index (χ4n) is 4.17. The molecule has 196 valence electrons. The maximum atomic E-state index is 13.7. The molecule has 8 nitrogen and oxygen atoms in total. The van der Waals surface area contributed by atoms with Crippen LogP contribution in [0.3, 0.4) is 0 Å². The van der Waals surface area contributed by atoms with Gasteiger partial charge in [0.1, 0.15) is 0 Å². The van der Waals surface area contributed by atoms with Gasteiger partial charge in [0.05, 0.1) is 28.2 Å². The van der Waals surface area contributed by atoms with Crippen molar-refractivity contribution in [3.63, 3.8) is 0 Å². The number of sulfonamides is 1. The molecule has 1 atom stereocenters. The Kier molecular flexibility index (Phi) is 7.04. The average Bonchev–Trinajstić information content (AvgIpc) is 3.43. The van der Waals surface area contributed by atoms with Gasteiger partial charge in [-0.3, -0.25) is 0 Å². The summed E-state index contributed by atoms with van der Waals surface area (Å²) in [6.07, 6.45) is 4.16. The van der Waals surface area contributed by atoms with Crippen LogP contribution in [-0.4, -0.2) is 42.1 Å². The van der Waals surface area contributed by atoms with E-state index in [1.807, 2.05) is 44.2 Å². The molecule has 0 saturated heterocycles. The van der Waals surface area contributed by atoms with Crippen LogP contribution in [0.5, 0.6) is 0 Å². The molecule has 1 fully saturated rings. The highest BCUT2D eigenvalue weighted by molar-refractivity contribution is 7.90. The Morgan fingerprint density at radius 3 is 2.11 bits per heavy atom. The van der Waals surface area contributed by atoms with E-state index in [4.69, 9.17) is 0 Å². The molecule has 1 aromatic heterocycles. The molecule has 0 aliphatic heterocycles. The minimum atomic E-state index is -3.95. The molecular formula is C28H28N4O4S2. The van der Waals surface area contributed by atoms with E-state index in [0.717, 1.165) is 27.2 Å². The number of rotatable bonds is 9. The van der Waals surface area contributed by atoms with E-state index >= 15 is 0 Å². The minimum Gasteiger partial charge on any atom is -0.207 e. The summed E-state index contributed by atoms with van der Waals surface area (Å²) in [5, 5.41) is 7.83. The van der Waals surface area contributed by atoms with Crippen LogP contribution in [0.15, 0.2) is 100 Å². The molecule has 0 N–H and O–H groups in total. The van der Waals surface area contributed by atoms with Gasteiger partial charge >= 0.3 is 0 Å². The third-order valence-electron chi connectivity index (χ3n) is 6.51. The number of hydrogen-bond acceptors (Lipinski definition) is 6. The van der Waals surface area contributed by atoms with Crippen molar-refractivity contribution >= 4 is 26.1 Å². The molecule has 3 aromatic carbocycles. The van der Waals surface area contributed by atoms with Gasteiger partial charge in [-0.05, 0) is 56.0 Å². The van der Waals surface area contributed by atoms with E-state index in [-0.39, 0.29) is 34.5 Å². The largest absolute Gasteiger partial charge is 0.284 e. The summed E-state index contributed by atoms with van der Waals surface area (Å²) in [4.78, 5) is 0.259. The summed E-state index contributed by atoms with van der Waals surface area (Å²) in [5.41, 5.74) is 4.37. The fraction of sp³-hybridized carbons (Fsp3) is 0.214. The summed E-state index contributed by atoms with van der Waals surface area (Å²) in [7, 11) is -7.82. The Labute approximate surface area is 223 Å². The van der Waals surface area contributed by atoms with E-state index in [1.165, 1.54) is 28.2 Å². The van der Waals surface area contributed by atoms with Gasteiger partial charge in [-0.2, -0.15) is 12.7 Å². The van der Waals surface area contributed by atoms with Crippen molar-refractivity contribution in [2.45, 2.75) is 36.6 Å². The van der Waals surface area contributed by atoms with Gasteiger partial charge < -0.3 is 0 Å². The molecule has 5 rings (SSSR count). The smallest absolute Gasteiger partial charge is 0.207 e. The van der Waals surface area contributed by atoms with Crippen molar-refractivity contribution < 1.29 is 16.8 Å². The van der Waals surface area contributed by atoms with E-state index in [2.05, 4.69) is 16.4 Å². The lowest BCUT2D eigenvalue weighted by atomic mass is 10.2. The lowest BCUT2D eigenvalue weighted by Crippen LogP contribution is -2.32. The summed E-state index contributed by atoms with van der Waals surface area (Å²) in [6, 6.07) is 23.0. The first-order chi connectivity index (χ1) is 18.1. The van der Waals surface area contributed by atoms with Crippen molar-refractivity contribution in [1.82, 2.24) is 18.7 Å². The Morgan fingerprint density at radius 1 is 0.868 bits per heavy atom. The van der Waals surface area contributed by atoms with Crippen molar-refractivity contribution in [3.05, 3.63) is 113 Å². The van der Waals surface area contributed by atoms with Gasteiger partial charge in [0, 0.05) is 6.54 Å². The predicted molar refractivity (Wildman–Crippen MR) is 145 cm³/mol. The Hall–Kier alpha value is -3.60. The van der Waals surface area contributed by atoms with Crippen LogP contribution in [0.4, 0.5) is 0 Å². The summed E-state index contributed by atoms with van der Waals surface area (Å²) in [6.45, 7) is 3.92. The molecule has 0 spiro atoms. The lowest BCUT2D eigenvalue weighted by Gasteiger charge is -2.21. The van der Waals surface area contributed by atoms with E-state index in [0.29, 0.717) is 0 Å². The van der Waals surface area contributed by atoms with E-state index in [9.17, 15) is 16.8 Å². The Morgan fingerprint density at radius 2 is 1.47 bits per heavy atom. The van der Waals surface area contributed by atoms with Gasteiger partial charge in [0.2, 0.25) is 10.0 Å². The van der Waals surface area contributed by atoms with Gasteiger partial charge in [0.25, 0.3) is 10.0 Å². The lowest BCUT2D eigenvalue weighted by molar-refractivity contribution is 0.391. The first-order valence-electron chi connectivity index (χ1n) is 12.2. The van der Waals surface area contributed by atoms with Crippen LogP contribution < -0.4 is 0 Å². The molecule has 10 heteroatoms. The topological polar surface area (TPSA) is 102 Å². The predicted octanol–water partition coefficient (Wildman–Crippen LogP) is 4.43. The highest BCUT2D eigenvalue weighted by Gasteiger charge is 2.36. The molecule has 38 heavy (non-hydrogen) atoms.